The van der Waals surface area contributed by atoms with E-state index in [1.807, 2.05) is 73.7 Å². The minimum Gasteiger partial charge on any atom is -0.486 e. The number of benzene rings is 3. The molecular formula is C25H19ClO3. The van der Waals surface area contributed by atoms with Crippen molar-refractivity contribution in [3.8, 4) is 5.75 Å². The number of furan rings is 1. The van der Waals surface area contributed by atoms with Crippen molar-refractivity contribution < 1.29 is 13.9 Å². The smallest absolute Gasteiger partial charge is 0.185 e. The fourth-order valence-corrected chi connectivity index (χ4v) is 3.14. The van der Waals surface area contributed by atoms with Crippen molar-refractivity contribution in [3.05, 3.63) is 107 Å². The van der Waals surface area contributed by atoms with E-state index in [0.717, 1.165) is 22.1 Å². The average Bonchev–Trinajstić information content (AvgIpc) is 3.20. The SMILES string of the molecule is Cc1cc(OCc2ccc(/C=C/C(=O)c3ccc4ccccc4c3)o2)ccc1Cl. The van der Waals surface area contributed by atoms with Crippen LogP contribution in [0.3, 0.4) is 0 Å². The summed E-state index contributed by atoms with van der Waals surface area (Å²) in [5, 5.41) is 2.86. The molecule has 0 saturated heterocycles. The van der Waals surface area contributed by atoms with E-state index < -0.39 is 0 Å². The maximum absolute atomic E-state index is 12.5. The van der Waals surface area contributed by atoms with Crippen molar-refractivity contribution >= 4 is 34.2 Å². The van der Waals surface area contributed by atoms with Gasteiger partial charge in [0.05, 0.1) is 0 Å². The Morgan fingerprint density at radius 2 is 1.83 bits per heavy atom. The summed E-state index contributed by atoms with van der Waals surface area (Å²) < 4.78 is 11.5. The number of rotatable bonds is 6. The lowest BCUT2D eigenvalue weighted by Crippen LogP contribution is -1.94. The number of aryl methyl sites for hydroxylation is 1. The highest BCUT2D eigenvalue weighted by Crippen LogP contribution is 2.22. The Hall–Kier alpha value is -3.30. The van der Waals surface area contributed by atoms with Gasteiger partial charge in [-0.15, -0.1) is 0 Å². The third-order valence-corrected chi connectivity index (χ3v) is 5.05. The van der Waals surface area contributed by atoms with Crippen LogP contribution in [0, 0.1) is 6.92 Å². The molecular weight excluding hydrogens is 384 g/mol. The van der Waals surface area contributed by atoms with Gasteiger partial charge in [-0.05, 0) is 71.8 Å². The third-order valence-electron chi connectivity index (χ3n) is 4.63. The van der Waals surface area contributed by atoms with E-state index in [-0.39, 0.29) is 5.78 Å². The molecule has 0 bridgehead atoms. The highest BCUT2D eigenvalue weighted by Gasteiger charge is 2.06. The van der Waals surface area contributed by atoms with Crippen LogP contribution in [0.5, 0.6) is 5.75 Å². The fraction of sp³-hybridized carbons (Fsp3) is 0.0800. The molecule has 0 spiro atoms. The molecule has 0 radical (unpaired) electrons. The topological polar surface area (TPSA) is 39.4 Å². The number of carbonyl (C=O) groups is 1. The molecule has 1 aromatic heterocycles. The van der Waals surface area contributed by atoms with Gasteiger partial charge in [-0.1, -0.05) is 48.0 Å². The molecule has 0 saturated carbocycles. The summed E-state index contributed by atoms with van der Waals surface area (Å²) in [6, 6.07) is 22.8. The van der Waals surface area contributed by atoms with Gasteiger partial charge in [-0.2, -0.15) is 0 Å². The fourth-order valence-electron chi connectivity index (χ4n) is 3.02. The van der Waals surface area contributed by atoms with E-state index in [4.69, 9.17) is 20.8 Å². The second-order valence-electron chi connectivity index (χ2n) is 6.76. The Morgan fingerprint density at radius 3 is 2.66 bits per heavy atom. The number of fused-ring (bicyclic) bond motifs is 1. The van der Waals surface area contributed by atoms with Gasteiger partial charge in [-0.3, -0.25) is 4.79 Å². The van der Waals surface area contributed by atoms with Crippen LogP contribution < -0.4 is 4.74 Å². The van der Waals surface area contributed by atoms with Crippen LogP contribution in [0.4, 0.5) is 0 Å². The summed E-state index contributed by atoms with van der Waals surface area (Å²) in [7, 11) is 0. The second kappa shape index (κ2) is 8.38. The third kappa shape index (κ3) is 4.58. The van der Waals surface area contributed by atoms with Crippen LogP contribution in [-0.4, -0.2) is 5.78 Å². The molecule has 0 unspecified atom stereocenters. The van der Waals surface area contributed by atoms with Crippen LogP contribution in [0.15, 0.2) is 83.3 Å². The number of allylic oxidation sites excluding steroid dienone is 1. The van der Waals surface area contributed by atoms with Gasteiger partial charge in [-0.25, -0.2) is 0 Å². The van der Waals surface area contributed by atoms with Crippen LogP contribution >= 0.6 is 11.6 Å². The Labute approximate surface area is 174 Å². The van der Waals surface area contributed by atoms with E-state index in [9.17, 15) is 4.79 Å². The van der Waals surface area contributed by atoms with E-state index >= 15 is 0 Å². The van der Waals surface area contributed by atoms with Gasteiger partial charge in [0.1, 0.15) is 23.9 Å². The Balaban J connectivity index is 1.40. The number of ketones is 1. The van der Waals surface area contributed by atoms with Gasteiger partial charge >= 0.3 is 0 Å². The van der Waals surface area contributed by atoms with Gasteiger partial charge in [0.25, 0.3) is 0 Å². The predicted octanol–water partition coefficient (Wildman–Crippen LogP) is 6.87. The minimum absolute atomic E-state index is 0.0680. The molecule has 144 valence electrons. The highest BCUT2D eigenvalue weighted by atomic mass is 35.5. The molecule has 0 fully saturated rings. The molecule has 4 heteroatoms. The quantitative estimate of drug-likeness (QED) is 0.261. The molecule has 29 heavy (non-hydrogen) atoms. The molecule has 0 aliphatic heterocycles. The van der Waals surface area contributed by atoms with E-state index in [1.54, 1.807) is 12.1 Å². The van der Waals surface area contributed by atoms with Crippen LogP contribution in [-0.2, 0) is 6.61 Å². The predicted molar refractivity (Wildman–Crippen MR) is 117 cm³/mol. The van der Waals surface area contributed by atoms with Crippen molar-refractivity contribution in [3.63, 3.8) is 0 Å². The lowest BCUT2D eigenvalue weighted by Gasteiger charge is -2.05. The molecule has 3 aromatic carbocycles. The molecule has 4 aromatic rings. The molecule has 0 amide bonds. The molecule has 0 N–H and O–H groups in total. The van der Waals surface area contributed by atoms with Crippen LogP contribution in [0.1, 0.15) is 27.4 Å². The molecule has 0 atom stereocenters. The van der Waals surface area contributed by atoms with Crippen LogP contribution in [0.25, 0.3) is 16.8 Å². The average molecular weight is 403 g/mol. The standard InChI is InChI=1S/C25H19ClO3/c1-17-14-22(10-12-24(17)26)28-16-23-9-8-21(29-23)11-13-25(27)20-7-6-18-4-2-3-5-19(18)15-20/h2-15H,16H2,1H3/b13-11+. The lowest BCUT2D eigenvalue weighted by molar-refractivity contribution is 0.104. The van der Waals surface area contributed by atoms with Crippen molar-refractivity contribution in [2.45, 2.75) is 13.5 Å². The highest BCUT2D eigenvalue weighted by molar-refractivity contribution is 6.31. The summed E-state index contributed by atoms with van der Waals surface area (Å²) in [6.07, 6.45) is 3.20. The van der Waals surface area contributed by atoms with Gasteiger partial charge < -0.3 is 9.15 Å². The first kappa shape index (κ1) is 19.0. The molecule has 4 rings (SSSR count). The van der Waals surface area contributed by atoms with Crippen LogP contribution in [0.2, 0.25) is 5.02 Å². The first-order valence-corrected chi connectivity index (χ1v) is 9.65. The zero-order valence-corrected chi connectivity index (χ0v) is 16.6. The largest absolute Gasteiger partial charge is 0.486 e. The van der Waals surface area contributed by atoms with Gasteiger partial charge in [0, 0.05) is 10.6 Å². The molecule has 0 aliphatic carbocycles. The Morgan fingerprint density at radius 1 is 1.00 bits per heavy atom. The minimum atomic E-state index is -0.0680. The summed E-state index contributed by atoms with van der Waals surface area (Å²) >= 11 is 6.03. The number of ether oxygens (including phenoxy) is 1. The zero-order valence-electron chi connectivity index (χ0n) is 15.9. The number of halogens is 1. The maximum atomic E-state index is 12.5. The normalized spacial score (nSPS) is 11.2. The number of carbonyl (C=O) groups excluding carboxylic acids is 1. The summed E-state index contributed by atoms with van der Waals surface area (Å²) in [4.78, 5) is 12.5. The summed E-state index contributed by atoms with van der Waals surface area (Å²) in [5.41, 5.74) is 1.60. The number of hydrogen-bond donors (Lipinski definition) is 0. The van der Waals surface area contributed by atoms with Crippen molar-refractivity contribution in [1.29, 1.82) is 0 Å². The molecule has 0 aliphatic rings. The van der Waals surface area contributed by atoms with E-state index in [2.05, 4.69) is 0 Å². The maximum Gasteiger partial charge on any atom is 0.185 e. The van der Waals surface area contributed by atoms with Gasteiger partial charge in [0.15, 0.2) is 5.78 Å². The van der Waals surface area contributed by atoms with Crippen molar-refractivity contribution in [1.82, 2.24) is 0 Å². The monoisotopic (exact) mass is 402 g/mol. The van der Waals surface area contributed by atoms with Crippen molar-refractivity contribution in [2.24, 2.45) is 0 Å². The summed E-state index contributed by atoms with van der Waals surface area (Å²) in [6.45, 7) is 2.23. The van der Waals surface area contributed by atoms with E-state index in [0.29, 0.717) is 28.7 Å². The Bertz CT molecular complexity index is 1200. The van der Waals surface area contributed by atoms with E-state index in [1.165, 1.54) is 6.08 Å². The zero-order chi connectivity index (χ0) is 20.2. The molecule has 1 heterocycles. The second-order valence-corrected chi connectivity index (χ2v) is 7.17. The summed E-state index contributed by atoms with van der Waals surface area (Å²) in [5.74, 6) is 1.94. The first-order chi connectivity index (χ1) is 14.1. The first-order valence-electron chi connectivity index (χ1n) is 9.27. The van der Waals surface area contributed by atoms with Crippen molar-refractivity contribution in [2.75, 3.05) is 0 Å². The molecule has 3 nitrogen and oxygen atoms in total. The lowest BCUT2D eigenvalue weighted by atomic mass is 10.0. The number of hydrogen-bond acceptors (Lipinski definition) is 3. The van der Waals surface area contributed by atoms with Gasteiger partial charge in [0.2, 0.25) is 0 Å². The Kier molecular flexibility index (Phi) is 5.50.